The van der Waals surface area contributed by atoms with E-state index in [0.29, 0.717) is 29.4 Å². The molecule has 1 heterocycles. The van der Waals surface area contributed by atoms with Gasteiger partial charge in [-0.15, -0.1) is 0 Å². The molecule has 0 bridgehead atoms. The number of carbonyl (C=O) groups excluding carboxylic acids is 2. The van der Waals surface area contributed by atoms with E-state index in [4.69, 9.17) is 4.74 Å². The second-order valence-electron chi connectivity index (χ2n) is 6.76. The smallest absolute Gasteiger partial charge is 0.340 e. The third-order valence-corrected chi connectivity index (χ3v) is 4.65. The molecule has 28 heavy (non-hydrogen) atoms. The van der Waals surface area contributed by atoms with Crippen molar-refractivity contribution in [2.24, 2.45) is 0 Å². The Morgan fingerprint density at radius 3 is 2.61 bits per heavy atom. The van der Waals surface area contributed by atoms with E-state index in [0.717, 1.165) is 12.8 Å². The topological polar surface area (TPSA) is 92.4 Å². The Labute approximate surface area is 164 Å². The van der Waals surface area contributed by atoms with Crippen molar-refractivity contribution >= 4 is 29.2 Å². The average molecular weight is 382 g/mol. The zero-order valence-corrected chi connectivity index (χ0v) is 16.0. The van der Waals surface area contributed by atoms with Gasteiger partial charge in [-0.1, -0.05) is 31.4 Å². The number of rotatable bonds is 6. The number of ether oxygens (including phenoxy) is 1. The summed E-state index contributed by atoms with van der Waals surface area (Å²) in [6.07, 6.45) is 7.23. The lowest BCUT2D eigenvalue weighted by molar-refractivity contribution is 0.0527. The van der Waals surface area contributed by atoms with Crippen LogP contribution < -0.4 is 16.0 Å². The van der Waals surface area contributed by atoms with Crippen molar-refractivity contribution in [3.63, 3.8) is 0 Å². The molecule has 1 fully saturated rings. The Morgan fingerprint density at radius 1 is 1.11 bits per heavy atom. The summed E-state index contributed by atoms with van der Waals surface area (Å²) in [6.45, 7) is 2.08. The van der Waals surface area contributed by atoms with Crippen molar-refractivity contribution in [2.75, 3.05) is 17.2 Å². The predicted octanol–water partition coefficient (Wildman–Crippen LogP) is 4.46. The number of pyridine rings is 1. The molecule has 1 aliphatic carbocycles. The molecule has 148 valence electrons. The van der Waals surface area contributed by atoms with Gasteiger partial charge in [0.05, 0.1) is 29.7 Å². The Morgan fingerprint density at radius 2 is 1.89 bits per heavy atom. The maximum atomic E-state index is 12.1. The molecule has 2 amide bonds. The molecule has 0 saturated heterocycles. The average Bonchev–Trinajstić information content (AvgIpc) is 2.71. The van der Waals surface area contributed by atoms with Crippen molar-refractivity contribution in [3.05, 3.63) is 48.2 Å². The normalized spacial score (nSPS) is 14.2. The van der Waals surface area contributed by atoms with Crippen LogP contribution in [0.2, 0.25) is 0 Å². The Kier molecular flexibility index (Phi) is 6.84. The summed E-state index contributed by atoms with van der Waals surface area (Å²) >= 11 is 0. The lowest BCUT2D eigenvalue weighted by Gasteiger charge is -2.22. The highest BCUT2D eigenvalue weighted by atomic mass is 16.5. The molecular formula is C21H26N4O3. The lowest BCUT2D eigenvalue weighted by atomic mass is 9.96. The van der Waals surface area contributed by atoms with Crippen LogP contribution in [0.1, 0.15) is 49.4 Å². The van der Waals surface area contributed by atoms with Gasteiger partial charge in [-0.2, -0.15) is 0 Å². The SMILES string of the molecule is CCOC(=O)c1ccccc1Nc1ccc(NC(=O)NC2CCCCC2)cn1. The Bertz CT molecular complexity index is 802. The number of esters is 1. The summed E-state index contributed by atoms with van der Waals surface area (Å²) in [5.41, 5.74) is 1.67. The van der Waals surface area contributed by atoms with Crippen LogP contribution in [0.4, 0.5) is 22.0 Å². The van der Waals surface area contributed by atoms with Crippen LogP contribution in [0.25, 0.3) is 0 Å². The number of anilines is 3. The molecule has 3 N–H and O–H groups in total. The maximum Gasteiger partial charge on any atom is 0.340 e. The van der Waals surface area contributed by atoms with Gasteiger partial charge in [0.1, 0.15) is 5.82 Å². The Hall–Kier alpha value is -3.09. The van der Waals surface area contributed by atoms with Crippen LogP contribution in [-0.2, 0) is 4.74 Å². The molecular weight excluding hydrogens is 356 g/mol. The number of hydrogen-bond acceptors (Lipinski definition) is 5. The molecule has 7 heteroatoms. The highest BCUT2D eigenvalue weighted by molar-refractivity contribution is 5.96. The van der Waals surface area contributed by atoms with Crippen molar-refractivity contribution < 1.29 is 14.3 Å². The zero-order valence-electron chi connectivity index (χ0n) is 16.0. The highest BCUT2D eigenvalue weighted by Crippen LogP contribution is 2.21. The maximum absolute atomic E-state index is 12.1. The van der Waals surface area contributed by atoms with Crippen LogP contribution in [0, 0.1) is 0 Å². The second-order valence-corrected chi connectivity index (χ2v) is 6.76. The van der Waals surface area contributed by atoms with Crippen LogP contribution in [0.3, 0.4) is 0 Å². The van der Waals surface area contributed by atoms with Gasteiger partial charge in [0.2, 0.25) is 0 Å². The molecule has 0 aliphatic heterocycles. The Balaban J connectivity index is 1.59. The second kappa shape index (κ2) is 9.73. The summed E-state index contributed by atoms with van der Waals surface area (Å²) in [5, 5.41) is 8.94. The van der Waals surface area contributed by atoms with E-state index in [-0.39, 0.29) is 18.0 Å². The van der Waals surface area contributed by atoms with E-state index >= 15 is 0 Å². The molecule has 0 radical (unpaired) electrons. The van der Waals surface area contributed by atoms with Crippen molar-refractivity contribution in [2.45, 2.75) is 45.1 Å². The first-order chi connectivity index (χ1) is 13.7. The number of carbonyl (C=O) groups is 2. The lowest BCUT2D eigenvalue weighted by Crippen LogP contribution is -2.39. The molecule has 1 aliphatic rings. The van der Waals surface area contributed by atoms with Crippen molar-refractivity contribution in [1.82, 2.24) is 10.3 Å². The molecule has 1 aromatic heterocycles. The van der Waals surface area contributed by atoms with E-state index in [1.54, 1.807) is 43.5 Å². The molecule has 1 aromatic carbocycles. The van der Waals surface area contributed by atoms with Crippen LogP contribution >= 0.6 is 0 Å². The third-order valence-electron chi connectivity index (χ3n) is 4.65. The van der Waals surface area contributed by atoms with Gasteiger partial charge >= 0.3 is 12.0 Å². The van der Waals surface area contributed by atoms with Crippen LogP contribution in [0.5, 0.6) is 0 Å². The fraction of sp³-hybridized carbons (Fsp3) is 0.381. The number of nitrogens with zero attached hydrogens (tertiary/aromatic N) is 1. The summed E-state index contributed by atoms with van der Waals surface area (Å²) in [5.74, 6) is 0.179. The van der Waals surface area contributed by atoms with Gasteiger partial charge in [-0.25, -0.2) is 14.6 Å². The van der Waals surface area contributed by atoms with Gasteiger partial charge in [0, 0.05) is 6.04 Å². The van der Waals surface area contributed by atoms with Crippen LogP contribution in [-0.4, -0.2) is 29.6 Å². The molecule has 3 rings (SSSR count). The van der Waals surface area contributed by atoms with E-state index in [9.17, 15) is 9.59 Å². The van der Waals surface area contributed by atoms with E-state index in [1.807, 2.05) is 6.07 Å². The van der Waals surface area contributed by atoms with Gasteiger partial charge in [0.25, 0.3) is 0 Å². The minimum absolute atomic E-state index is 0.206. The monoisotopic (exact) mass is 382 g/mol. The molecule has 0 unspecified atom stereocenters. The van der Waals surface area contributed by atoms with Gasteiger partial charge < -0.3 is 20.7 Å². The van der Waals surface area contributed by atoms with E-state index in [1.165, 1.54) is 19.3 Å². The number of benzene rings is 1. The predicted molar refractivity (Wildman–Crippen MR) is 109 cm³/mol. The summed E-state index contributed by atoms with van der Waals surface area (Å²) in [7, 11) is 0. The summed E-state index contributed by atoms with van der Waals surface area (Å²) in [4.78, 5) is 28.5. The molecule has 2 aromatic rings. The minimum atomic E-state index is -0.386. The zero-order chi connectivity index (χ0) is 19.8. The minimum Gasteiger partial charge on any atom is -0.462 e. The molecule has 0 spiro atoms. The van der Waals surface area contributed by atoms with E-state index in [2.05, 4.69) is 20.9 Å². The number of urea groups is 1. The first kappa shape index (κ1) is 19.7. The number of aromatic nitrogens is 1. The fourth-order valence-electron chi connectivity index (χ4n) is 3.26. The quantitative estimate of drug-likeness (QED) is 0.642. The first-order valence-corrected chi connectivity index (χ1v) is 9.72. The van der Waals surface area contributed by atoms with Gasteiger partial charge in [-0.3, -0.25) is 0 Å². The highest BCUT2D eigenvalue weighted by Gasteiger charge is 2.16. The molecule has 1 saturated carbocycles. The number of hydrogen-bond donors (Lipinski definition) is 3. The van der Waals surface area contributed by atoms with Gasteiger partial charge in [0.15, 0.2) is 0 Å². The van der Waals surface area contributed by atoms with E-state index < -0.39 is 0 Å². The molecule has 0 atom stereocenters. The van der Waals surface area contributed by atoms with Crippen molar-refractivity contribution in [1.29, 1.82) is 0 Å². The number of amides is 2. The standard InChI is InChI=1S/C21H26N4O3/c1-2-28-20(26)17-10-6-7-11-18(17)25-19-13-12-16(14-22-19)24-21(27)23-15-8-4-3-5-9-15/h6-7,10-15H,2-5,8-9H2,1H3,(H,22,25)(H2,23,24,27). The van der Waals surface area contributed by atoms with Gasteiger partial charge in [-0.05, 0) is 44.0 Å². The largest absolute Gasteiger partial charge is 0.462 e. The first-order valence-electron chi connectivity index (χ1n) is 9.72. The fourth-order valence-corrected chi connectivity index (χ4v) is 3.26. The summed E-state index contributed by atoms with van der Waals surface area (Å²) < 4.78 is 5.08. The number of para-hydroxylation sites is 1. The third kappa shape index (κ3) is 5.45. The molecule has 7 nitrogen and oxygen atoms in total. The summed E-state index contributed by atoms with van der Waals surface area (Å²) in [6, 6.07) is 10.7. The number of nitrogens with one attached hydrogen (secondary N) is 3. The van der Waals surface area contributed by atoms with Crippen molar-refractivity contribution in [3.8, 4) is 0 Å². The van der Waals surface area contributed by atoms with Crippen LogP contribution in [0.15, 0.2) is 42.6 Å².